The molecule has 1 N–H and O–H groups in total. The summed E-state index contributed by atoms with van der Waals surface area (Å²) < 4.78 is 0. The van der Waals surface area contributed by atoms with Gasteiger partial charge < -0.3 is 5.11 Å². The summed E-state index contributed by atoms with van der Waals surface area (Å²) in [6, 6.07) is 7.67. The number of benzene rings is 1. The van der Waals surface area contributed by atoms with Gasteiger partial charge in [-0.1, -0.05) is 60.6 Å². The van der Waals surface area contributed by atoms with E-state index >= 15 is 0 Å². The van der Waals surface area contributed by atoms with Gasteiger partial charge >= 0.3 is 0 Å². The Morgan fingerprint density at radius 2 is 1.44 bits per heavy atom. The zero-order valence-electron chi connectivity index (χ0n) is 13.1. The highest BCUT2D eigenvalue weighted by Gasteiger charge is 2.26. The van der Waals surface area contributed by atoms with Crippen LogP contribution in [0.25, 0.3) is 0 Å². The number of phenols is 1. The van der Waals surface area contributed by atoms with Gasteiger partial charge in [-0.05, 0) is 41.4 Å². The van der Waals surface area contributed by atoms with Crippen molar-refractivity contribution in [1.29, 1.82) is 0 Å². The van der Waals surface area contributed by atoms with Crippen LogP contribution in [0.2, 0.25) is 0 Å². The first-order chi connectivity index (χ1) is 8.30. The fourth-order valence-electron chi connectivity index (χ4n) is 2.17. The van der Waals surface area contributed by atoms with E-state index in [-0.39, 0.29) is 5.41 Å². The lowest BCUT2D eigenvalue weighted by Gasteiger charge is -2.32. The Hall–Kier alpha value is -0.980. The predicted molar refractivity (Wildman–Crippen MR) is 81.1 cm³/mol. The van der Waals surface area contributed by atoms with Crippen molar-refractivity contribution in [1.82, 2.24) is 0 Å². The van der Waals surface area contributed by atoms with Gasteiger partial charge in [0.1, 0.15) is 5.75 Å². The minimum Gasteiger partial charge on any atom is -0.508 e. The molecule has 0 aliphatic rings. The van der Waals surface area contributed by atoms with Crippen LogP contribution < -0.4 is 0 Å². The molecule has 1 aromatic carbocycles. The summed E-state index contributed by atoms with van der Waals surface area (Å²) in [6.07, 6.45) is 1.19. The number of hydrogen-bond acceptors (Lipinski definition) is 1. The third-order valence-corrected chi connectivity index (χ3v) is 3.05. The molecule has 0 saturated heterocycles. The van der Waals surface area contributed by atoms with Crippen LogP contribution in [0.5, 0.6) is 5.75 Å². The van der Waals surface area contributed by atoms with Crippen LogP contribution in [0.15, 0.2) is 24.3 Å². The van der Waals surface area contributed by atoms with Crippen molar-refractivity contribution in [2.45, 2.75) is 60.8 Å². The van der Waals surface area contributed by atoms with E-state index in [0.29, 0.717) is 17.6 Å². The molecule has 0 heterocycles. The van der Waals surface area contributed by atoms with Crippen LogP contribution in [0.3, 0.4) is 0 Å². The van der Waals surface area contributed by atoms with Crippen LogP contribution in [-0.2, 0) is 0 Å². The number of phenolic OH excluding ortho intramolecular Hbond substituents is 1. The Balaban J connectivity index is 0.00000137. The average Bonchev–Trinajstić information content (AvgIpc) is 2.28. The van der Waals surface area contributed by atoms with E-state index in [0.717, 1.165) is 0 Å². The van der Waals surface area contributed by atoms with Gasteiger partial charge in [0.05, 0.1) is 0 Å². The summed E-state index contributed by atoms with van der Waals surface area (Å²) in [5, 5.41) is 9.32. The van der Waals surface area contributed by atoms with Crippen molar-refractivity contribution in [3.05, 3.63) is 29.8 Å². The van der Waals surface area contributed by atoms with Gasteiger partial charge in [0.2, 0.25) is 0 Å². The normalized spacial score (nSPS) is 12.9. The van der Waals surface area contributed by atoms with Gasteiger partial charge in [-0.2, -0.15) is 0 Å². The summed E-state index contributed by atoms with van der Waals surface area (Å²) in [6.45, 7) is 15.4. The molecule has 0 aliphatic heterocycles. The average molecular weight is 250 g/mol. The van der Waals surface area contributed by atoms with E-state index in [9.17, 15) is 5.11 Å². The Morgan fingerprint density at radius 1 is 1.00 bits per heavy atom. The third-order valence-electron chi connectivity index (χ3n) is 3.05. The van der Waals surface area contributed by atoms with Crippen LogP contribution in [0.4, 0.5) is 0 Å². The maximum absolute atomic E-state index is 9.32. The van der Waals surface area contributed by atoms with Crippen molar-refractivity contribution >= 4 is 0 Å². The molecule has 1 rings (SSSR count). The standard InChI is InChI=1S/C15H24O.C2H6/c1-11(2)10-14(15(3,4)5)12-6-8-13(16)9-7-12;1-2/h6-9,11,14,16H,10H2,1-5H3;1-2H3. The van der Waals surface area contributed by atoms with E-state index in [2.05, 4.69) is 34.6 Å². The van der Waals surface area contributed by atoms with Crippen LogP contribution in [0.1, 0.15) is 66.4 Å². The molecule has 0 saturated carbocycles. The number of rotatable bonds is 3. The van der Waals surface area contributed by atoms with E-state index in [1.807, 2.05) is 26.0 Å². The molecule has 1 unspecified atom stereocenters. The lowest BCUT2D eigenvalue weighted by atomic mass is 9.72. The first kappa shape index (κ1) is 17.0. The highest BCUT2D eigenvalue weighted by molar-refractivity contribution is 5.29. The molecule has 1 heteroatoms. The molecule has 0 bridgehead atoms. The van der Waals surface area contributed by atoms with Crippen molar-refractivity contribution in [3.8, 4) is 5.75 Å². The first-order valence-electron chi connectivity index (χ1n) is 7.09. The van der Waals surface area contributed by atoms with Gasteiger partial charge in [-0.25, -0.2) is 0 Å². The molecule has 0 fully saturated rings. The van der Waals surface area contributed by atoms with Crippen molar-refractivity contribution in [2.24, 2.45) is 11.3 Å². The topological polar surface area (TPSA) is 20.2 Å². The Morgan fingerprint density at radius 3 is 1.78 bits per heavy atom. The lowest BCUT2D eigenvalue weighted by Crippen LogP contribution is -2.20. The molecular formula is C17H30O. The predicted octanol–water partition coefficient (Wildman–Crippen LogP) is 5.59. The van der Waals surface area contributed by atoms with Gasteiger partial charge in [-0.15, -0.1) is 0 Å². The molecule has 0 aromatic heterocycles. The highest BCUT2D eigenvalue weighted by atomic mass is 16.3. The smallest absolute Gasteiger partial charge is 0.115 e. The van der Waals surface area contributed by atoms with E-state index in [1.54, 1.807) is 12.1 Å². The molecule has 1 atom stereocenters. The summed E-state index contributed by atoms with van der Waals surface area (Å²) in [5.74, 6) is 1.59. The van der Waals surface area contributed by atoms with E-state index in [4.69, 9.17) is 0 Å². The van der Waals surface area contributed by atoms with Crippen LogP contribution >= 0.6 is 0 Å². The largest absolute Gasteiger partial charge is 0.508 e. The molecular weight excluding hydrogens is 220 g/mol. The highest BCUT2D eigenvalue weighted by Crippen LogP contribution is 2.39. The van der Waals surface area contributed by atoms with Crippen molar-refractivity contribution in [2.75, 3.05) is 0 Å². The molecule has 104 valence electrons. The Labute approximate surface area is 113 Å². The molecule has 0 amide bonds. The van der Waals surface area contributed by atoms with E-state index in [1.165, 1.54) is 12.0 Å². The second kappa shape index (κ2) is 7.45. The van der Waals surface area contributed by atoms with Crippen molar-refractivity contribution in [3.63, 3.8) is 0 Å². The molecule has 0 spiro atoms. The lowest BCUT2D eigenvalue weighted by molar-refractivity contribution is 0.280. The maximum Gasteiger partial charge on any atom is 0.115 e. The molecule has 1 aromatic rings. The summed E-state index contributed by atoms with van der Waals surface area (Å²) in [4.78, 5) is 0. The molecule has 0 aliphatic carbocycles. The second-order valence-corrected chi connectivity index (χ2v) is 6.14. The minimum absolute atomic E-state index is 0.265. The first-order valence-corrected chi connectivity index (χ1v) is 7.09. The van der Waals surface area contributed by atoms with Gasteiger partial charge in [0.25, 0.3) is 0 Å². The van der Waals surface area contributed by atoms with E-state index < -0.39 is 0 Å². The zero-order valence-corrected chi connectivity index (χ0v) is 13.1. The van der Waals surface area contributed by atoms with Crippen molar-refractivity contribution < 1.29 is 5.11 Å². The van der Waals surface area contributed by atoms with Gasteiger partial charge in [0.15, 0.2) is 0 Å². The SMILES string of the molecule is CC.CC(C)CC(c1ccc(O)cc1)C(C)(C)C. The summed E-state index contributed by atoms with van der Waals surface area (Å²) in [5.41, 5.74) is 1.60. The second-order valence-electron chi connectivity index (χ2n) is 6.14. The Kier molecular flexibility index (Phi) is 7.05. The van der Waals surface area contributed by atoms with Crippen LogP contribution in [0, 0.1) is 11.3 Å². The minimum atomic E-state index is 0.265. The summed E-state index contributed by atoms with van der Waals surface area (Å²) in [7, 11) is 0. The van der Waals surface area contributed by atoms with Gasteiger partial charge in [0, 0.05) is 0 Å². The fourth-order valence-corrected chi connectivity index (χ4v) is 2.17. The molecule has 1 nitrogen and oxygen atoms in total. The number of hydrogen-bond donors (Lipinski definition) is 1. The fraction of sp³-hybridized carbons (Fsp3) is 0.647. The zero-order chi connectivity index (χ0) is 14.3. The molecule has 18 heavy (non-hydrogen) atoms. The summed E-state index contributed by atoms with van der Waals surface area (Å²) >= 11 is 0. The number of aromatic hydroxyl groups is 1. The van der Waals surface area contributed by atoms with Crippen LogP contribution in [-0.4, -0.2) is 5.11 Å². The molecule has 0 radical (unpaired) electrons. The monoisotopic (exact) mass is 250 g/mol. The quantitative estimate of drug-likeness (QED) is 0.741. The van der Waals surface area contributed by atoms with Gasteiger partial charge in [-0.3, -0.25) is 0 Å². The Bertz CT molecular complexity index is 316. The third kappa shape index (κ3) is 5.57. The maximum atomic E-state index is 9.32.